The Balaban J connectivity index is 1.95. The van der Waals surface area contributed by atoms with Gasteiger partial charge in [-0.3, -0.25) is 0 Å². The lowest BCUT2D eigenvalue weighted by molar-refractivity contribution is 0.838. The van der Waals surface area contributed by atoms with Gasteiger partial charge in [0.25, 0.3) is 0 Å². The maximum absolute atomic E-state index is 6.03. The van der Waals surface area contributed by atoms with Crippen molar-refractivity contribution >= 4 is 115 Å². The van der Waals surface area contributed by atoms with Crippen molar-refractivity contribution in [2.75, 3.05) is 0 Å². The van der Waals surface area contributed by atoms with Crippen molar-refractivity contribution in [1.82, 2.24) is 29.9 Å². The smallest absolute Gasteiger partial charge is 0.146 e. The molecule has 0 radical (unpaired) electrons. The van der Waals surface area contributed by atoms with Crippen LogP contribution in [0.1, 0.15) is 283 Å². The summed E-state index contributed by atoms with van der Waals surface area (Å²) in [5, 5.41) is 0. The molecule has 0 spiro atoms. The zero-order chi connectivity index (χ0) is 76.8. The highest BCUT2D eigenvalue weighted by atomic mass is 28.3. The molecule has 0 N–H and O–H groups in total. The van der Waals surface area contributed by atoms with Gasteiger partial charge in [0.05, 0.1) is 33.4 Å². The van der Waals surface area contributed by atoms with Crippen LogP contribution in [-0.2, 0) is 0 Å². The molecule has 7 aromatic rings. The van der Waals surface area contributed by atoms with Gasteiger partial charge in [0.15, 0.2) is 0 Å². The van der Waals surface area contributed by atoms with Gasteiger partial charge in [-0.2, -0.15) is 0 Å². The molecule has 0 amide bonds. The fourth-order valence-electron chi connectivity index (χ4n) is 20.7. The first kappa shape index (κ1) is 83.6. The second kappa shape index (κ2) is 32.2. The van der Waals surface area contributed by atoms with Crippen molar-refractivity contribution in [2.24, 2.45) is 0 Å². The van der Waals surface area contributed by atoms with Crippen LogP contribution in [0.25, 0.3) is 66.2 Å². The molecule has 0 bridgehead atoms. The number of hydrogen-bond acceptors (Lipinski definition) is 6. The molecule has 0 aliphatic rings. The van der Waals surface area contributed by atoms with Gasteiger partial charge in [0, 0.05) is 0 Å². The van der Waals surface area contributed by atoms with Crippen LogP contribution in [0.2, 0.25) is 99.7 Å². The van der Waals surface area contributed by atoms with E-state index < -0.39 is 48.4 Å². The minimum atomic E-state index is -2.26. The third-order valence-corrected chi connectivity index (χ3v) is 63.6. The Labute approximate surface area is 627 Å². The first-order chi connectivity index (χ1) is 47.4. The Kier molecular flexibility index (Phi) is 26.4. The topological polar surface area (TPSA) is 77.3 Å². The Morgan fingerprint density at radius 1 is 0.157 bits per heavy atom. The predicted octanol–water partition coefficient (Wildman–Crippen LogP) is 26.4. The predicted molar refractivity (Wildman–Crippen MR) is 466 cm³/mol. The summed E-state index contributed by atoms with van der Waals surface area (Å²) < 4.78 is 0. The van der Waals surface area contributed by atoms with E-state index in [1.165, 1.54) is 0 Å². The van der Waals surface area contributed by atoms with Gasteiger partial charge >= 0.3 is 0 Å². The van der Waals surface area contributed by atoms with Gasteiger partial charge in [0.1, 0.15) is 115 Å². The van der Waals surface area contributed by atoms with E-state index in [0.717, 1.165) is 33.4 Å². The van der Waals surface area contributed by atoms with E-state index in [0.29, 0.717) is 166 Å². The first-order valence-corrected chi connectivity index (χ1v) is 53.0. The Hall–Kier alpha value is -5.66. The quantitative estimate of drug-likeness (QED) is 0.0369. The van der Waals surface area contributed by atoms with E-state index in [2.05, 4.69) is 354 Å². The monoisotopic (exact) mass is 1460 g/mol. The molecule has 546 valence electrons. The van der Waals surface area contributed by atoms with Crippen molar-refractivity contribution < 1.29 is 0 Å². The number of rotatable bonds is 18. The zero-order valence-electron chi connectivity index (χ0n) is 70.5. The Morgan fingerprint density at radius 3 is 0.324 bits per heavy atom. The lowest BCUT2D eigenvalue weighted by Gasteiger charge is -2.38. The second-order valence-corrected chi connectivity index (χ2v) is 69.7. The summed E-state index contributed by atoms with van der Waals surface area (Å²) in [6, 6.07) is 13.1. The van der Waals surface area contributed by atoms with E-state index in [4.69, 9.17) is 29.9 Å². The molecule has 0 aliphatic carbocycles. The summed E-state index contributed by atoms with van der Waals surface area (Å²) in [5.74, 6) is 23.5. The van der Waals surface area contributed by atoms with Crippen LogP contribution >= 0.6 is 0 Å². The van der Waals surface area contributed by atoms with Gasteiger partial charge in [-0.1, -0.05) is 285 Å². The molecule has 4 aromatic carbocycles. The van der Waals surface area contributed by atoms with Crippen LogP contribution in [0.4, 0.5) is 0 Å². The third-order valence-electron chi connectivity index (χ3n) is 25.8. The lowest BCUT2D eigenvalue weighted by atomic mass is 10.0. The Morgan fingerprint density at radius 2 is 0.245 bits per heavy atom. The maximum Gasteiger partial charge on any atom is 0.146 e. The SMILES string of the molecule is CC(C)[Si](C#Cc1ccc(C#C[Si](C(C)C)(C(C)C)C(C)C)c2nc3c(nc12)c1nc2c(C#C[Si](C(C)C)(C(C)C)C(C)C)ccc(C#C[Si](C(C)C)(C(C)C)C(C)C)c2nc1c1nc2c(C#C[Si](C(C)C)(C(C)C)C(C)C)ccc(C#C[Si](C(C)C)(C(C)C)C(C)C)c2nc31)(C(C)C)C(C)C. The molecular formula is C90H132N6Si6. The highest BCUT2D eigenvalue weighted by Crippen LogP contribution is 2.48. The minimum absolute atomic E-state index is 0.425. The number of hydrogen-bond donors (Lipinski definition) is 0. The van der Waals surface area contributed by atoms with Crippen molar-refractivity contribution in [3.8, 4) is 68.8 Å². The number of benzene rings is 4. The summed E-state index contributed by atoms with van der Waals surface area (Å²) in [7, 11) is -13.6. The van der Waals surface area contributed by atoms with Gasteiger partial charge < -0.3 is 0 Å². The maximum atomic E-state index is 6.03. The number of aromatic nitrogens is 6. The average Bonchev–Trinajstić information content (AvgIpc) is 0.708. The van der Waals surface area contributed by atoms with Gasteiger partial charge in [0.2, 0.25) is 0 Å². The van der Waals surface area contributed by atoms with E-state index in [-0.39, 0.29) is 0 Å². The summed E-state index contributed by atoms with van der Waals surface area (Å²) in [6.45, 7) is 85.8. The minimum Gasteiger partial charge on any atom is -0.241 e. The van der Waals surface area contributed by atoms with E-state index in [1.54, 1.807) is 0 Å². The van der Waals surface area contributed by atoms with Crippen LogP contribution in [-0.4, -0.2) is 78.3 Å². The molecule has 7 rings (SSSR count). The van der Waals surface area contributed by atoms with Crippen molar-refractivity contribution in [1.29, 1.82) is 0 Å². The molecule has 102 heavy (non-hydrogen) atoms. The van der Waals surface area contributed by atoms with Crippen molar-refractivity contribution in [3.05, 3.63) is 69.8 Å². The normalized spacial score (nSPS) is 13.2. The molecule has 0 atom stereocenters. The molecule has 6 nitrogen and oxygen atoms in total. The molecule has 3 heterocycles. The van der Waals surface area contributed by atoms with Crippen LogP contribution in [0.3, 0.4) is 0 Å². The standard InChI is InChI=1S/C90H132N6Si6/c1-55(2)97(56(3)4,57(5)6)49-43-73-37-38-74(44-50-98(58(7)8,59(9)10)60(11)12)80-79(73)91-85-86(92-80)88-90(96-84-78(48-54-102(70(31)32,71(33)34)72(35)36)42-41-77(83(84)94-88)47-53-101(67(25)26,68(27)28)69(29)30)89-87(85)93-81-75(45-51-99(61(13)14,62(15)16)63(17)18)39-40-76(82(81)95-89)46-52-100(64(19)20,65(21)22)66(23)24/h37-42,55-72H,1-36H3. The molecule has 12 heteroatoms. The molecule has 0 fully saturated rings. The molecule has 0 aliphatic heterocycles. The second-order valence-electron chi connectivity index (χ2n) is 36.2. The van der Waals surface area contributed by atoms with Gasteiger partial charge in [-0.25, -0.2) is 29.9 Å². The van der Waals surface area contributed by atoms with Gasteiger partial charge in [-0.15, -0.1) is 33.3 Å². The molecular weight excluding hydrogens is 1330 g/mol. The van der Waals surface area contributed by atoms with Crippen LogP contribution in [0.5, 0.6) is 0 Å². The average molecular weight is 1470 g/mol. The third kappa shape index (κ3) is 14.6. The van der Waals surface area contributed by atoms with E-state index >= 15 is 0 Å². The Bertz CT molecular complexity index is 3750. The lowest BCUT2D eigenvalue weighted by Crippen LogP contribution is -2.43. The van der Waals surface area contributed by atoms with Crippen LogP contribution in [0, 0.1) is 68.8 Å². The first-order valence-electron chi connectivity index (χ1n) is 39.6. The van der Waals surface area contributed by atoms with E-state index in [9.17, 15) is 0 Å². The fourth-order valence-corrected chi connectivity index (χ4v) is 52.0. The molecule has 0 saturated heterocycles. The van der Waals surface area contributed by atoms with Crippen molar-refractivity contribution in [3.63, 3.8) is 0 Å². The van der Waals surface area contributed by atoms with Crippen LogP contribution in [0.15, 0.2) is 36.4 Å². The summed E-state index contributed by atoms with van der Waals surface area (Å²) >= 11 is 0. The summed E-state index contributed by atoms with van der Waals surface area (Å²) in [5.41, 5.74) is 45.1. The highest BCUT2D eigenvalue weighted by molar-refractivity contribution is 6.93. The number of nitrogens with zero attached hydrogens (tertiary/aromatic N) is 6. The zero-order valence-corrected chi connectivity index (χ0v) is 76.5. The highest BCUT2D eigenvalue weighted by Gasteiger charge is 2.47. The van der Waals surface area contributed by atoms with Crippen molar-refractivity contribution in [2.45, 2.75) is 349 Å². The molecule has 3 aromatic heterocycles. The number of fused-ring (bicyclic) bond motifs is 9. The largest absolute Gasteiger partial charge is 0.241 e. The van der Waals surface area contributed by atoms with Crippen LogP contribution < -0.4 is 0 Å². The molecule has 0 saturated carbocycles. The van der Waals surface area contributed by atoms with E-state index in [1.807, 2.05) is 0 Å². The van der Waals surface area contributed by atoms with Gasteiger partial charge in [-0.05, 0) is 136 Å². The summed E-state index contributed by atoms with van der Waals surface area (Å²) in [4.78, 5) is 36.2. The molecule has 0 unspecified atom stereocenters. The fraction of sp³-hybridized carbons (Fsp3) is 0.600. The summed E-state index contributed by atoms with van der Waals surface area (Å²) in [6.07, 6.45) is 0.